The quantitative estimate of drug-likeness (QED) is 0.308. The summed E-state index contributed by atoms with van der Waals surface area (Å²) in [5.74, 6) is -0.877. The number of anilines is 1. The molecule has 0 bridgehead atoms. The minimum absolute atomic E-state index is 0.0100. The number of sulfonamides is 1. The summed E-state index contributed by atoms with van der Waals surface area (Å²) in [6.07, 6.45) is 0.739. The maximum atomic E-state index is 13.9. The van der Waals surface area contributed by atoms with Gasteiger partial charge in [-0.25, -0.2) is 8.42 Å². The first-order chi connectivity index (χ1) is 18.4. The summed E-state index contributed by atoms with van der Waals surface area (Å²) in [5, 5.41) is 3.26. The molecule has 39 heavy (non-hydrogen) atoms. The Hall–Kier alpha value is -3.07. The summed E-state index contributed by atoms with van der Waals surface area (Å²) in [7, 11) is -4.20. The maximum absolute atomic E-state index is 13.9. The van der Waals surface area contributed by atoms with Crippen LogP contribution in [0.4, 0.5) is 5.69 Å². The highest BCUT2D eigenvalue weighted by molar-refractivity contribution is 7.92. The molecule has 0 radical (unpaired) electrons. The van der Waals surface area contributed by atoms with E-state index in [9.17, 15) is 18.0 Å². The van der Waals surface area contributed by atoms with Crippen molar-refractivity contribution in [2.45, 2.75) is 51.6 Å². The highest BCUT2D eigenvalue weighted by Crippen LogP contribution is 2.30. The van der Waals surface area contributed by atoms with Gasteiger partial charge in [0.05, 0.1) is 10.6 Å². The third kappa shape index (κ3) is 7.97. The fourth-order valence-electron chi connectivity index (χ4n) is 3.92. The number of hydrogen-bond acceptors (Lipinski definition) is 4. The van der Waals surface area contributed by atoms with Crippen LogP contribution in [0, 0.1) is 13.8 Å². The maximum Gasteiger partial charge on any atom is 0.264 e. The predicted octanol–water partition coefficient (Wildman–Crippen LogP) is 5.75. The van der Waals surface area contributed by atoms with E-state index >= 15 is 0 Å². The smallest absolute Gasteiger partial charge is 0.264 e. The lowest BCUT2D eigenvalue weighted by atomic mass is 10.1. The molecule has 3 aromatic carbocycles. The molecule has 0 aliphatic carbocycles. The molecule has 0 saturated heterocycles. The van der Waals surface area contributed by atoms with E-state index < -0.39 is 28.5 Å². The lowest BCUT2D eigenvalue weighted by molar-refractivity contribution is -0.139. The standard InChI is InChI=1S/C29H33Cl2N3O4S/c1-5-14-32-29(36)22(4)33(18-23-10-6-20(2)7-11-23)28(35)19-34(26-16-24(30)15-25(31)17-26)39(37,38)27-12-8-21(3)9-13-27/h6-13,15-17,22H,5,14,18-19H2,1-4H3,(H,32,36)/t22-/m1/s1. The summed E-state index contributed by atoms with van der Waals surface area (Å²) in [4.78, 5) is 28.2. The number of amides is 2. The third-order valence-corrected chi connectivity index (χ3v) is 8.44. The molecule has 0 fully saturated rings. The molecule has 1 N–H and O–H groups in total. The van der Waals surface area contributed by atoms with E-state index in [2.05, 4.69) is 5.32 Å². The number of benzene rings is 3. The number of carbonyl (C=O) groups is 2. The average Bonchev–Trinajstić information content (AvgIpc) is 2.89. The van der Waals surface area contributed by atoms with Crippen LogP contribution in [0.3, 0.4) is 0 Å². The van der Waals surface area contributed by atoms with E-state index in [0.717, 1.165) is 27.4 Å². The Kier molecular flexibility index (Phi) is 10.4. The zero-order valence-electron chi connectivity index (χ0n) is 22.4. The van der Waals surface area contributed by atoms with Gasteiger partial charge in [0.25, 0.3) is 10.0 Å². The molecule has 208 valence electrons. The van der Waals surface area contributed by atoms with Gasteiger partial charge in [0, 0.05) is 23.1 Å². The normalized spacial score (nSPS) is 12.1. The number of hydrogen-bond donors (Lipinski definition) is 1. The van der Waals surface area contributed by atoms with Crippen LogP contribution in [0.1, 0.15) is 37.0 Å². The second kappa shape index (κ2) is 13.3. The largest absolute Gasteiger partial charge is 0.354 e. The molecule has 10 heteroatoms. The molecular formula is C29H33Cl2N3O4S. The number of aryl methyl sites for hydroxylation is 2. The first-order valence-corrected chi connectivity index (χ1v) is 14.8. The van der Waals surface area contributed by atoms with Gasteiger partial charge in [-0.05, 0) is 63.1 Å². The molecule has 0 spiro atoms. The van der Waals surface area contributed by atoms with E-state index in [-0.39, 0.29) is 33.1 Å². The van der Waals surface area contributed by atoms with Crippen molar-refractivity contribution in [1.29, 1.82) is 0 Å². The van der Waals surface area contributed by atoms with Gasteiger partial charge < -0.3 is 10.2 Å². The molecule has 0 aliphatic rings. The summed E-state index contributed by atoms with van der Waals surface area (Å²) in [6.45, 7) is 7.39. The van der Waals surface area contributed by atoms with Crippen LogP contribution in [-0.4, -0.2) is 44.3 Å². The molecule has 7 nitrogen and oxygen atoms in total. The first kappa shape index (κ1) is 30.5. The van der Waals surface area contributed by atoms with Crippen molar-refractivity contribution in [3.05, 3.63) is 93.5 Å². The van der Waals surface area contributed by atoms with Crippen LogP contribution in [0.5, 0.6) is 0 Å². The van der Waals surface area contributed by atoms with E-state index in [1.165, 1.54) is 35.2 Å². The predicted molar refractivity (Wildman–Crippen MR) is 157 cm³/mol. The van der Waals surface area contributed by atoms with Crippen molar-refractivity contribution in [3.63, 3.8) is 0 Å². The summed E-state index contributed by atoms with van der Waals surface area (Å²) >= 11 is 12.4. The molecule has 3 aromatic rings. The summed E-state index contributed by atoms with van der Waals surface area (Å²) < 4.78 is 28.7. The van der Waals surface area contributed by atoms with Crippen molar-refractivity contribution < 1.29 is 18.0 Å². The Morgan fingerprint density at radius 2 is 1.44 bits per heavy atom. The molecule has 0 unspecified atom stereocenters. The van der Waals surface area contributed by atoms with E-state index in [1.54, 1.807) is 19.1 Å². The van der Waals surface area contributed by atoms with Gasteiger partial charge in [0.15, 0.2) is 0 Å². The topological polar surface area (TPSA) is 86.8 Å². The van der Waals surface area contributed by atoms with Crippen LogP contribution in [0.25, 0.3) is 0 Å². The number of nitrogens with zero attached hydrogens (tertiary/aromatic N) is 2. The second-order valence-corrected chi connectivity index (χ2v) is 12.2. The van der Waals surface area contributed by atoms with E-state index in [4.69, 9.17) is 23.2 Å². The van der Waals surface area contributed by atoms with Gasteiger partial charge >= 0.3 is 0 Å². The van der Waals surface area contributed by atoms with Crippen LogP contribution in [0.15, 0.2) is 71.6 Å². The van der Waals surface area contributed by atoms with Crippen molar-refractivity contribution >= 4 is 50.7 Å². The van der Waals surface area contributed by atoms with Crippen molar-refractivity contribution in [3.8, 4) is 0 Å². The average molecular weight is 591 g/mol. The SMILES string of the molecule is CCCNC(=O)[C@@H](C)N(Cc1ccc(C)cc1)C(=O)CN(c1cc(Cl)cc(Cl)c1)S(=O)(=O)c1ccc(C)cc1. The molecular weight excluding hydrogens is 557 g/mol. The second-order valence-electron chi connectivity index (χ2n) is 9.43. The number of nitrogens with one attached hydrogen (secondary N) is 1. The molecule has 0 saturated carbocycles. The molecule has 0 aromatic heterocycles. The Morgan fingerprint density at radius 3 is 1.97 bits per heavy atom. The lowest BCUT2D eigenvalue weighted by Gasteiger charge is -2.32. The minimum atomic E-state index is -4.20. The number of rotatable bonds is 11. The van der Waals surface area contributed by atoms with Crippen molar-refractivity contribution in [2.24, 2.45) is 0 Å². The fraction of sp³-hybridized carbons (Fsp3) is 0.310. The van der Waals surface area contributed by atoms with E-state index in [0.29, 0.717) is 6.54 Å². The van der Waals surface area contributed by atoms with Gasteiger partial charge in [0.2, 0.25) is 11.8 Å². The number of carbonyl (C=O) groups excluding carboxylic acids is 2. The summed E-state index contributed by atoms with van der Waals surface area (Å²) in [5.41, 5.74) is 2.89. The fourth-order valence-corrected chi connectivity index (χ4v) is 5.83. The third-order valence-electron chi connectivity index (χ3n) is 6.21. The molecule has 2 amide bonds. The van der Waals surface area contributed by atoms with Crippen LogP contribution in [-0.2, 0) is 26.2 Å². The highest BCUT2D eigenvalue weighted by atomic mass is 35.5. The zero-order chi connectivity index (χ0) is 28.7. The Balaban J connectivity index is 2.04. The monoisotopic (exact) mass is 589 g/mol. The van der Waals surface area contributed by atoms with Gasteiger partial charge in [-0.1, -0.05) is 77.7 Å². The Labute approximate surface area is 240 Å². The number of halogens is 2. The zero-order valence-corrected chi connectivity index (χ0v) is 24.8. The van der Waals surface area contributed by atoms with Crippen LogP contribution < -0.4 is 9.62 Å². The Morgan fingerprint density at radius 1 is 0.897 bits per heavy atom. The highest BCUT2D eigenvalue weighted by Gasteiger charge is 2.32. The van der Waals surface area contributed by atoms with E-state index in [1.807, 2.05) is 45.0 Å². The molecule has 1 atom stereocenters. The minimum Gasteiger partial charge on any atom is -0.354 e. The van der Waals surface area contributed by atoms with Crippen LogP contribution >= 0.6 is 23.2 Å². The molecule has 0 aliphatic heterocycles. The Bertz CT molecular complexity index is 1390. The lowest BCUT2D eigenvalue weighted by Crippen LogP contribution is -2.51. The van der Waals surface area contributed by atoms with Crippen molar-refractivity contribution in [1.82, 2.24) is 10.2 Å². The summed E-state index contributed by atoms with van der Waals surface area (Å²) in [6, 6.07) is 17.4. The van der Waals surface area contributed by atoms with Gasteiger partial charge in [-0.2, -0.15) is 0 Å². The van der Waals surface area contributed by atoms with Gasteiger partial charge in [0.1, 0.15) is 12.6 Å². The molecule has 3 rings (SSSR count). The van der Waals surface area contributed by atoms with Crippen LogP contribution in [0.2, 0.25) is 10.0 Å². The van der Waals surface area contributed by atoms with Crippen molar-refractivity contribution in [2.75, 3.05) is 17.4 Å². The van der Waals surface area contributed by atoms with Gasteiger partial charge in [-0.3, -0.25) is 13.9 Å². The molecule has 0 heterocycles. The van der Waals surface area contributed by atoms with Gasteiger partial charge in [-0.15, -0.1) is 0 Å². The first-order valence-electron chi connectivity index (χ1n) is 12.6.